The van der Waals surface area contributed by atoms with Crippen molar-refractivity contribution in [3.63, 3.8) is 0 Å². The zero-order chi connectivity index (χ0) is 20.5. The van der Waals surface area contributed by atoms with Gasteiger partial charge >= 0.3 is 0 Å². The van der Waals surface area contributed by atoms with Crippen molar-refractivity contribution < 1.29 is 33.3 Å². The smallest absolute Gasteiger partial charge is 0.295 e. The summed E-state index contributed by atoms with van der Waals surface area (Å²) in [6.45, 7) is 4.31. The van der Waals surface area contributed by atoms with Crippen LogP contribution in [0.2, 0.25) is 0 Å². The van der Waals surface area contributed by atoms with Gasteiger partial charge in [0.2, 0.25) is 6.79 Å². The number of likely N-dealkylation sites (tertiary alicyclic amines) is 1. The number of aliphatic hydroxyl groups is 1. The number of ketones is 1. The number of Topliss-reactive ketones (excluding diaryl/α,β-unsaturated/α-hetero) is 1. The molecule has 2 aromatic rings. The van der Waals surface area contributed by atoms with Gasteiger partial charge in [-0.1, -0.05) is 0 Å². The molecule has 8 heteroatoms. The molecule has 0 saturated carbocycles. The molecule has 8 nitrogen and oxygen atoms in total. The summed E-state index contributed by atoms with van der Waals surface area (Å²) >= 11 is 0. The van der Waals surface area contributed by atoms with Crippen LogP contribution in [-0.4, -0.2) is 47.7 Å². The van der Waals surface area contributed by atoms with Gasteiger partial charge in [-0.25, -0.2) is 0 Å². The number of hydrogen-bond donors (Lipinski definition) is 1. The molecule has 4 rings (SSSR count). The molecule has 0 radical (unpaired) electrons. The van der Waals surface area contributed by atoms with Crippen LogP contribution in [0, 0.1) is 0 Å². The first-order valence-electron chi connectivity index (χ1n) is 9.31. The molecule has 1 aromatic heterocycles. The quantitative estimate of drug-likeness (QED) is 0.453. The molecule has 1 aromatic carbocycles. The van der Waals surface area contributed by atoms with Gasteiger partial charge in [0.1, 0.15) is 17.6 Å². The Kier molecular flexibility index (Phi) is 5.02. The summed E-state index contributed by atoms with van der Waals surface area (Å²) in [6.07, 6.45) is 1.45. The van der Waals surface area contributed by atoms with Crippen LogP contribution in [0.25, 0.3) is 5.76 Å². The first-order chi connectivity index (χ1) is 14.0. The Morgan fingerprint density at radius 2 is 2.03 bits per heavy atom. The number of fused-ring (bicyclic) bond motifs is 1. The van der Waals surface area contributed by atoms with Crippen LogP contribution in [0.15, 0.2) is 46.6 Å². The van der Waals surface area contributed by atoms with Crippen molar-refractivity contribution in [1.29, 1.82) is 0 Å². The maximum Gasteiger partial charge on any atom is 0.295 e. The Bertz CT molecular complexity index is 961. The molecule has 1 N–H and O–H groups in total. The van der Waals surface area contributed by atoms with Crippen LogP contribution in [0.5, 0.6) is 11.5 Å². The van der Waals surface area contributed by atoms with E-state index in [0.29, 0.717) is 22.8 Å². The third-order valence-corrected chi connectivity index (χ3v) is 4.78. The Labute approximate surface area is 167 Å². The molecular weight excluding hydrogens is 378 g/mol. The predicted octanol–water partition coefficient (Wildman–Crippen LogP) is 2.86. The highest BCUT2D eigenvalue weighted by Gasteiger charge is 2.47. The molecule has 1 fully saturated rings. The number of carbonyl (C=O) groups excluding carboxylic acids is 2. The monoisotopic (exact) mass is 399 g/mol. The van der Waals surface area contributed by atoms with Crippen LogP contribution in [0.3, 0.4) is 0 Å². The van der Waals surface area contributed by atoms with Gasteiger partial charge in [-0.05, 0) is 44.2 Å². The number of aliphatic hydroxyl groups excluding tert-OH is 1. The Hall–Kier alpha value is -3.26. The fourth-order valence-electron chi connectivity index (χ4n) is 3.44. The normalized spacial score (nSPS) is 20.1. The molecule has 1 atom stereocenters. The van der Waals surface area contributed by atoms with Crippen molar-refractivity contribution in [3.05, 3.63) is 53.5 Å². The van der Waals surface area contributed by atoms with Crippen LogP contribution in [0.1, 0.15) is 31.2 Å². The molecule has 152 valence electrons. The zero-order valence-electron chi connectivity index (χ0n) is 16.1. The summed E-state index contributed by atoms with van der Waals surface area (Å²) < 4.78 is 21.6. The van der Waals surface area contributed by atoms with Crippen LogP contribution in [-0.2, 0) is 14.3 Å². The summed E-state index contributed by atoms with van der Waals surface area (Å²) in [4.78, 5) is 26.9. The van der Waals surface area contributed by atoms with Crippen molar-refractivity contribution in [1.82, 2.24) is 4.90 Å². The molecule has 1 amide bonds. The number of carbonyl (C=O) groups is 2. The second kappa shape index (κ2) is 7.63. The van der Waals surface area contributed by atoms with Gasteiger partial charge in [0, 0.05) is 12.1 Å². The largest absolute Gasteiger partial charge is 0.507 e. The van der Waals surface area contributed by atoms with Gasteiger partial charge in [0.15, 0.2) is 11.5 Å². The zero-order valence-corrected chi connectivity index (χ0v) is 16.1. The summed E-state index contributed by atoms with van der Waals surface area (Å²) in [5, 5.41) is 11.0. The highest BCUT2D eigenvalue weighted by atomic mass is 16.7. The van der Waals surface area contributed by atoms with E-state index in [0.717, 1.165) is 0 Å². The average Bonchev–Trinajstić information content (AvgIpc) is 3.43. The highest BCUT2D eigenvalue weighted by molar-refractivity contribution is 6.46. The van der Waals surface area contributed by atoms with E-state index in [4.69, 9.17) is 18.6 Å². The summed E-state index contributed by atoms with van der Waals surface area (Å²) in [6, 6.07) is 7.32. The summed E-state index contributed by atoms with van der Waals surface area (Å²) in [5.41, 5.74) is 0.315. The number of nitrogens with zero attached hydrogens (tertiary/aromatic N) is 1. The van der Waals surface area contributed by atoms with Gasteiger partial charge in [-0.3, -0.25) is 9.59 Å². The lowest BCUT2D eigenvalue weighted by atomic mass is 9.99. The Morgan fingerprint density at radius 1 is 1.24 bits per heavy atom. The molecular formula is C21H21NO7. The minimum absolute atomic E-state index is 0.0116. The number of ether oxygens (including phenoxy) is 3. The third kappa shape index (κ3) is 3.47. The average molecular weight is 399 g/mol. The molecule has 2 aliphatic heterocycles. The van der Waals surface area contributed by atoms with Crippen molar-refractivity contribution in [2.45, 2.75) is 26.0 Å². The van der Waals surface area contributed by atoms with E-state index in [2.05, 4.69) is 0 Å². The summed E-state index contributed by atoms with van der Waals surface area (Å²) in [5.74, 6) is -0.378. The standard InChI is InChI=1S/C21H21NO7/c1-12(2)26-9-7-22-18(15-4-3-8-27-15)17(20(24)21(22)25)19(23)13-5-6-14-16(10-13)29-11-28-14/h3-6,8,10,12,18,23H,7,9,11H2,1-2H3/b19-17-. The lowest BCUT2D eigenvalue weighted by molar-refractivity contribution is -0.140. The first kappa shape index (κ1) is 19.1. The van der Waals surface area contributed by atoms with Gasteiger partial charge in [0.05, 0.1) is 24.5 Å². The molecule has 0 bridgehead atoms. The second-order valence-electron chi connectivity index (χ2n) is 7.00. The van der Waals surface area contributed by atoms with Crippen LogP contribution < -0.4 is 9.47 Å². The fraction of sp³-hybridized carbons (Fsp3) is 0.333. The number of furan rings is 1. The minimum atomic E-state index is -0.841. The van der Waals surface area contributed by atoms with Crippen LogP contribution >= 0.6 is 0 Å². The van der Waals surface area contributed by atoms with Crippen molar-refractivity contribution in [3.8, 4) is 11.5 Å². The van der Waals surface area contributed by atoms with E-state index in [1.165, 1.54) is 11.2 Å². The fourth-order valence-corrected chi connectivity index (χ4v) is 3.44. The molecule has 3 heterocycles. The van der Waals surface area contributed by atoms with Gasteiger partial charge < -0.3 is 28.6 Å². The van der Waals surface area contributed by atoms with Crippen molar-refractivity contribution >= 4 is 17.4 Å². The minimum Gasteiger partial charge on any atom is -0.507 e. The highest BCUT2D eigenvalue weighted by Crippen LogP contribution is 2.41. The van der Waals surface area contributed by atoms with Gasteiger partial charge in [-0.2, -0.15) is 0 Å². The van der Waals surface area contributed by atoms with E-state index in [1.807, 2.05) is 13.8 Å². The molecule has 29 heavy (non-hydrogen) atoms. The van der Waals surface area contributed by atoms with Gasteiger partial charge in [-0.15, -0.1) is 0 Å². The lowest BCUT2D eigenvalue weighted by Crippen LogP contribution is -2.33. The number of rotatable bonds is 6. The van der Waals surface area contributed by atoms with E-state index in [9.17, 15) is 14.7 Å². The maximum atomic E-state index is 12.8. The van der Waals surface area contributed by atoms with E-state index >= 15 is 0 Å². The number of benzene rings is 1. The Morgan fingerprint density at radius 3 is 2.76 bits per heavy atom. The number of hydrogen-bond acceptors (Lipinski definition) is 7. The van der Waals surface area contributed by atoms with Gasteiger partial charge in [0.25, 0.3) is 11.7 Å². The molecule has 1 saturated heterocycles. The topological polar surface area (TPSA) is 98.4 Å². The van der Waals surface area contributed by atoms with E-state index < -0.39 is 17.7 Å². The van der Waals surface area contributed by atoms with Crippen molar-refractivity contribution in [2.75, 3.05) is 19.9 Å². The summed E-state index contributed by atoms with van der Waals surface area (Å²) in [7, 11) is 0. The molecule has 0 spiro atoms. The lowest BCUT2D eigenvalue weighted by Gasteiger charge is -2.23. The van der Waals surface area contributed by atoms with Crippen LogP contribution in [0.4, 0.5) is 0 Å². The number of amides is 1. The molecule has 0 aliphatic carbocycles. The molecule has 2 aliphatic rings. The maximum absolute atomic E-state index is 12.8. The van der Waals surface area contributed by atoms with E-state index in [-0.39, 0.29) is 37.4 Å². The second-order valence-corrected chi connectivity index (χ2v) is 7.00. The first-order valence-corrected chi connectivity index (χ1v) is 9.31. The third-order valence-electron chi connectivity index (χ3n) is 4.78. The Balaban J connectivity index is 1.74. The van der Waals surface area contributed by atoms with Crippen molar-refractivity contribution in [2.24, 2.45) is 0 Å². The SMILES string of the molecule is CC(C)OCCN1C(=O)C(=O)/C(=C(\O)c2ccc3c(c2)OCO3)C1c1ccco1. The molecule has 1 unspecified atom stereocenters. The van der Waals surface area contributed by atoms with E-state index in [1.54, 1.807) is 30.3 Å². The predicted molar refractivity (Wildman–Crippen MR) is 101 cm³/mol.